The minimum Gasteiger partial charge on any atom is -0.369 e. The van der Waals surface area contributed by atoms with E-state index in [1.54, 1.807) is 11.9 Å². The molecule has 3 rings (SSSR count). The molecule has 1 saturated heterocycles. The van der Waals surface area contributed by atoms with Crippen molar-refractivity contribution >= 4 is 23.2 Å². The predicted molar refractivity (Wildman–Crippen MR) is 117 cm³/mol. The van der Waals surface area contributed by atoms with Crippen LogP contribution in [0, 0.1) is 0 Å². The molecular formula is C23H30N4O2. The minimum atomic E-state index is -0.140. The smallest absolute Gasteiger partial charge is 0.242 e. The van der Waals surface area contributed by atoms with Gasteiger partial charge in [0.1, 0.15) is 6.54 Å². The first-order valence-electron chi connectivity index (χ1n) is 10.0. The van der Waals surface area contributed by atoms with E-state index in [0.29, 0.717) is 6.54 Å². The summed E-state index contributed by atoms with van der Waals surface area (Å²) in [5.74, 6) is -0.231. The van der Waals surface area contributed by atoms with Crippen molar-refractivity contribution in [2.75, 3.05) is 56.6 Å². The van der Waals surface area contributed by atoms with Gasteiger partial charge in [-0.2, -0.15) is 0 Å². The highest BCUT2D eigenvalue weighted by molar-refractivity contribution is 5.97. The first-order chi connectivity index (χ1) is 13.9. The lowest BCUT2D eigenvalue weighted by atomic mass is 10.2. The van der Waals surface area contributed by atoms with Crippen LogP contribution in [0.2, 0.25) is 0 Å². The van der Waals surface area contributed by atoms with Gasteiger partial charge in [-0.15, -0.1) is 0 Å². The lowest BCUT2D eigenvalue weighted by Gasteiger charge is -2.34. The van der Waals surface area contributed by atoms with Gasteiger partial charge in [-0.25, -0.2) is 0 Å². The molecule has 154 valence electrons. The molecule has 1 aliphatic heterocycles. The molecular weight excluding hydrogens is 364 g/mol. The van der Waals surface area contributed by atoms with Crippen LogP contribution in [0.15, 0.2) is 54.6 Å². The van der Waals surface area contributed by atoms with Crippen LogP contribution in [0.5, 0.6) is 0 Å². The molecule has 6 nitrogen and oxygen atoms in total. The van der Waals surface area contributed by atoms with Crippen LogP contribution in [0.3, 0.4) is 0 Å². The van der Waals surface area contributed by atoms with Gasteiger partial charge < -0.3 is 19.6 Å². The van der Waals surface area contributed by atoms with E-state index in [9.17, 15) is 9.59 Å². The van der Waals surface area contributed by atoms with E-state index < -0.39 is 0 Å². The summed E-state index contributed by atoms with van der Waals surface area (Å²) in [5, 5.41) is 0. The second-order valence-electron chi connectivity index (χ2n) is 7.65. The quantitative estimate of drug-likeness (QED) is 0.755. The first-order valence-corrected chi connectivity index (χ1v) is 10.0. The second kappa shape index (κ2) is 9.56. The maximum Gasteiger partial charge on any atom is 0.242 e. The number of likely N-dealkylation sites (N-methyl/N-ethyl adjacent to an activating group) is 2. The van der Waals surface area contributed by atoms with E-state index in [4.69, 9.17) is 0 Å². The molecule has 1 aliphatic rings. The number of carbonyl (C=O) groups is 2. The fourth-order valence-corrected chi connectivity index (χ4v) is 3.49. The average molecular weight is 395 g/mol. The summed E-state index contributed by atoms with van der Waals surface area (Å²) in [6, 6.07) is 17.8. The summed E-state index contributed by atoms with van der Waals surface area (Å²) in [6.45, 7) is 6.14. The zero-order valence-electron chi connectivity index (χ0n) is 17.5. The second-order valence-corrected chi connectivity index (χ2v) is 7.65. The van der Waals surface area contributed by atoms with Gasteiger partial charge in [0.05, 0.1) is 0 Å². The first kappa shape index (κ1) is 20.9. The van der Waals surface area contributed by atoms with Crippen molar-refractivity contribution in [1.29, 1.82) is 0 Å². The largest absolute Gasteiger partial charge is 0.369 e. The molecule has 0 N–H and O–H groups in total. The number of hydrogen-bond donors (Lipinski definition) is 0. The van der Waals surface area contributed by atoms with Crippen LogP contribution in [0.25, 0.3) is 0 Å². The van der Waals surface area contributed by atoms with Crippen LogP contribution in [0.1, 0.15) is 12.5 Å². The van der Waals surface area contributed by atoms with Gasteiger partial charge in [0, 0.05) is 58.1 Å². The Morgan fingerprint density at radius 2 is 1.55 bits per heavy atom. The van der Waals surface area contributed by atoms with Crippen molar-refractivity contribution in [2.45, 2.75) is 13.5 Å². The van der Waals surface area contributed by atoms with Gasteiger partial charge in [-0.3, -0.25) is 9.59 Å². The Labute approximate surface area is 173 Å². The van der Waals surface area contributed by atoms with Gasteiger partial charge in [-0.1, -0.05) is 30.3 Å². The third-order valence-corrected chi connectivity index (χ3v) is 5.39. The number of nitrogens with zero attached hydrogens (tertiary/aromatic N) is 4. The molecule has 0 spiro atoms. The highest BCUT2D eigenvalue weighted by Gasteiger charge is 2.20. The fraction of sp³-hybridized carbons (Fsp3) is 0.391. The standard InChI is InChI=1S/C23H30N4O2/c1-19(28)27(18-23(29)25(3)17-20-7-5-4-6-8-20)22-11-9-21(10-12-22)26-15-13-24(2)14-16-26/h4-12H,13-18H2,1-3H3. The topological polar surface area (TPSA) is 47.1 Å². The molecule has 0 aliphatic carbocycles. The summed E-state index contributed by atoms with van der Waals surface area (Å²) < 4.78 is 0. The molecule has 0 saturated carbocycles. The normalized spacial score (nSPS) is 14.5. The Balaban J connectivity index is 1.64. The van der Waals surface area contributed by atoms with Gasteiger partial charge in [0.2, 0.25) is 11.8 Å². The Bertz CT molecular complexity index is 815. The van der Waals surface area contributed by atoms with Crippen LogP contribution < -0.4 is 9.80 Å². The highest BCUT2D eigenvalue weighted by atomic mass is 16.2. The monoisotopic (exact) mass is 394 g/mol. The van der Waals surface area contributed by atoms with E-state index in [1.807, 2.05) is 54.6 Å². The van der Waals surface area contributed by atoms with Crippen molar-refractivity contribution in [3.05, 3.63) is 60.2 Å². The lowest BCUT2D eigenvalue weighted by Crippen LogP contribution is -2.44. The summed E-state index contributed by atoms with van der Waals surface area (Å²) >= 11 is 0. The zero-order chi connectivity index (χ0) is 20.8. The molecule has 6 heteroatoms. The maximum absolute atomic E-state index is 12.7. The Kier molecular flexibility index (Phi) is 6.88. The van der Waals surface area contributed by atoms with Crippen molar-refractivity contribution in [2.24, 2.45) is 0 Å². The Morgan fingerprint density at radius 1 is 0.931 bits per heavy atom. The Hall–Kier alpha value is -2.86. The molecule has 1 fully saturated rings. The number of anilines is 2. The van der Waals surface area contributed by atoms with Crippen LogP contribution in [0.4, 0.5) is 11.4 Å². The van der Waals surface area contributed by atoms with Crippen molar-refractivity contribution in [3.8, 4) is 0 Å². The number of hydrogen-bond acceptors (Lipinski definition) is 4. The third-order valence-electron chi connectivity index (χ3n) is 5.39. The lowest BCUT2D eigenvalue weighted by molar-refractivity contribution is -0.130. The number of carbonyl (C=O) groups excluding carboxylic acids is 2. The van der Waals surface area contributed by atoms with Crippen molar-refractivity contribution < 1.29 is 9.59 Å². The van der Waals surface area contributed by atoms with E-state index in [-0.39, 0.29) is 18.4 Å². The van der Waals surface area contributed by atoms with Gasteiger partial charge in [0.25, 0.3) is 0 Å². The van der Waals surface area contributed by atoms with Crippen LogP contribution in [-0.2, 0) is 16.1 Å². The zero-order valence-corrected chi connectivity index (χ0v) is 17.5. The molecule has 2 aromatic carbocycles. The predicted octanol–water partition coefficient (Wildman–Crippen LogP) is 2.45. The molecule has 0 unspecified atom stereocenters. The maximum atomic E-state index is 12.7. The van der Waals surface area contributed by atoms with E-state index in [2.05, 4.69) is 16.8 Å². The average Bonchev–Trinajstić information content (AvgIpc) is 2.73. The summed E-state index contributed by atoms with van der Waals surface area (Å²) in [7, 11) is 3.90. The molecule has 0 atom stereocenters. The molecule has 0 radical (unpaired) electrons. The number of amides is 2. The molecule has 0 bridgehead atoms. The van der Waals surface area contributed by atoms with Crippen LogP contribution >= 0.6 is 0 Å². The van der Waals surface area contributed by atoms with Gasteiger partial charge in [0.15, 0.2) is 0 Å². The van der Waals surface area contributed by atoms with E-state index >= 15 is 0 Å². The molecule has 2 amide bonds. The highest BCUT2D eigenvalue weighted by Crippen LogP contribution is 2.22. The number of benzene rings is 2. The Morgan fingerprint density at radius 3 is 2.14 bits per heavy atom. The fourth-order valence-electron chi connectivity index (χ4n) is 3.49. The molecule has 2 aromatic rings. The van der Waals surface area contributed by atoms with Gasteiger partial charge in [-0.05, 0) is 36.9 Å². The molecule has 1 heterocycles. The van der Waals surface area contributed by atoms with Gasteiger partial charge >= 0.3 is 0 Å². The summed E-state index contributed by atoms with van der Waals surface area (Å²) in [5.41, 5.74) is 2.96. The van der Waals surface area contributed by atoms with Crippen LogP contribution in [-0.4, -0.2) is 68.4 Å². The minimum absolute atomic E-state index is 0.0342. The van der Waals surface area contributed by atoms with E-state index in [0.717, 1.165) is 43.1 Å². The summed E-state index contributed by atoms with van der Waals surface area (Å²) in [4.78, 5) is 32.8. The molecule has 0 aromatic heterocycles. The molecule has 29 heavy (non-hydrogen) atoms. The number of rotatable bonds is 6. The third kappa shape index (κ3) is 5.57. The summed E-state index contributed by atoms with van der Waals surface area (Å²) in [6.07, 6.45) is 0. The number of piperazine rings is 1. The van der Waals surface area contributed by atoms with E-state index in [1.165, 1.54) is 11.8 Å². The van der Waals surface area contributed by atoms with Crippen molar-refractivity contribution in [1.82, 2.24) is 9.80 Å². The van der Waals surface area contributed by atoms with Crippen molar-refractivity contribution in [3.63, 3.8) is 0 Å². The SMILES string of the molecule is CC(=O)N(CC(=O)N(C)Cc1ccccc1)c1ccc(N2CCN(C)CC2)cc1.